The number of hydrogen-bond acceptors (Lipinski definition) is 4. The van der Waals surface area contributed by atoms with Gasteiger partial charge in [0, 0.05) is 7.05 Å². The Kier molecular flexibility index (Phi) is 3.81. The zero-order valence-electron chi connectivity index (χ0n) is 8.59. The number of nitrogens with zero attached hydrogens (tertiary/aromatic N) is 1. The van der Waals surface area contributed by atoms with Crippen LogP contribution < -0.4 is 0 Å². The number of benzene rings is 1. The van der Waals surface area contributed by atoms with Gasteiger partial charge in [0.25, 0.3) is 0 Å². The molecule has 0 aliphatic carbocycles. The molecule has 0 radical (unpaired) electrons. The third-order valence-corrected chi connectivity index (χ3v) is 2.09. The zero-order chi connectivity index (χ0) is 12.3. The lowest BCUT2D eigenvalue weighted by Gasteiger charge is -2.13. The molecule has 16 heavy (non-hydrogen) atoms. The zero-order valence-corrected chi connectivity index (χ0v) is 8.59. The molecule has 1 unspecified atom stereocenters. The molecule has 0 aromatic heterocycles. The number of rotatable bonds is 3. The third kappa shape index (κ3) is 2.91. The van der Waals surface area contributed by atoms with Gasteiger partial charge in [-0.25, -0.2) is 9.45 Å². The summed E-state index contributed by atoms with van der Waals surface area (Å²) in [6, 6.07) is 3.32. The van der Waals surface area contributed by atoms with Crippen molar-refractivity contribution in [3.8, 4) is 5.75 Å². The predicted octanol–water partition coefficient (Wildman–Crippen LogP) is 0.802. The van der Waals surface area contributed by atoms with Crippen molar-refractivity contribution in [1.29, 1.82) is 0 Å². The van der Waals surface area contributed by atoms with Crippen LogP contribution in [0.3, 0.4) is 0 Å². The van der Waals surface area contributed by atoms with E-state index >= 15 is 0 Å². The molecule has 0 saturated heterocycles. The second kappa shape index (κ2) is 4.91. The van der Waals surface area contributed by atoms with Gasteiger partial charge in [-0.3, -0.25) is 10.0 Å². The highest BCUT2D eigenvalue weighted by Crippen LogP contribution is 2.22. The molecule has 1 rings (SSSR count). The summed E-state index contributed by atoms with van der Waals surface area (Å²) in [6.45, 7) is 0. The second-order valence-corrected chi connectivity index (χ2v) is 3.35. The fourth-order valence-corrected chi connectivity index (χ4v) is 1.15. The van der Waals surface area contributed by atoms with Gasteiger partial charge in [-0.1, -0.05) is 6.07 Å². The maximum absolute atomic E-state index is 12.9. The van der Waals surface area contributed by atoms with Crippen LogP contribution in [0.15, 0.2) is 18.2 Å². The van der Waals surface area contributed by atoms with E-state index in [9.17, 15) is 14.3 Å². The molecule has 0 fully saturated rings. The summed E-state index contributed by atoms with van der Waals surface area (Å²) in [5, 5.41) is 27.6. The Morgan fingerprint density at radius 1 is 1.56 bits per heavy atom. The van der Waals surface area contributed by atoms with Gasteiger partial charge >= 0.3 is 0 Å². The smallest absolute Gasteiger partial charge is 0.248 e. The lowest BCUT2D eigenvalue weighted by Crippen LogP contribution is -2.24. The van der Waals surface area contributed by atoms with Crippen LogP contribution in [0, 0.1) is 5.82 Å². The number of carbonyl (C=O) groups is 1. The van der Waals surface area contributed by atoms with E-state index in [2.05, 4.69) is 0 Å². The van der Waals surface area contributed by atoms with Gasteiger partial charge in [0.2, 0.25) is 5.91 Å². The number of amides is 1. The fraction of sp³-hybridized carbons (Fsp3) is 0.300. The van der Waals surface area contributed by atoms with Crippen molar-refractivity contribution < 1.29 is 24.6 Å². The molecule has 1 amide bonds. The third-order valence-electron chi connectivity index (χ3n) is 2.09. The van der Waals surface area contributed by atoms with Gasteiger partial charge in [0.1, 0.15) is 0 Å². The highest BCUT2D eigenvalue weighted by Gasteiger charge is 2.16. The molecule has 5 nitrogen and oxygen atoms in total. The Bertz CT molecular complexity index is 394. The highest BCUT2D eigenvalue weighted by molar-refractivity contribution is 5.75. The number of carbonyl (C=O) groups excluding carboxylic acids is 1. The first-order chi connectivity index (χ1) is 7.41. The molecule has 0 spiro atoms. The molecule has 3 N–H and O–H groups in total. The van der Waals surface area contributed by atoms with E-state index in [0.29, 0.717) is 5.06 Å². The standard InChI is InChI=1S/C10H12FNO4/c1-12(16)10(15)5-9(14)6-2-3-8(13)7(11)4-6/h2-4,9,13-14,16H,5H2,1H3. The molecule has 0 saturated carbocycles. The first-order valence-electron chi connectivity index (χ1n) is 4.53. The minimum atomic E-state index is -1.22. The molecule has 0 aliphatic heterocycles. The van der Waals surface area contributed by atoms with Crippen LogP contribution in [0.2, 0.25) is 0 Å². The summed E-state index contributed by atoms with van der Waals surface area (Å²) in [7, 11) is 1.13. The van der Waals surface area contributed by atoms with Crippen LogP contribution >= 0.6 is 0 Å². The van der Waals surface area contributed by atoms with E-state index in [1.165, 1.54) is 6.07 Å². The minimum absolute atomic E-state index is 0.158. The fourth-order valence-electron chi connectivity index (χ4n) is 1.15. The molecule has 0 aliphatic rings. The Morgan fingerprint density at radius 2 is 2.19 bits per heavy atom. The number of aliphatic hydroxyl groups excluding tert-OH is 1. The molecule has 1 aromatic carbocycles. The summed E-state index contributed by atoms with van der Waals surface area (Å²) in [5.41, 5.74) is 0.158. The van der Waals surface area contributed by atoms with Crippen molar-refractivity contribution in [2.75, 3.05) is 7.05 Å². The number of halogens is 1. The summed E-state index contributed by atoms with van der Waals surface area (Å²) in [4.78, 5) is 11.1. The maximum Gasteiger partial charge on any atom is 0.248 e. The summed E-state index contributed by atoms with van der Waals surface area (Å²) in [5.74, 6) is -2.09. The maximum atomic E-state index is 12.9. The van der Waals surface area contributed by atoms with Crippen molar-refractivity contribution >= 4 is 5.91 Å². The molecule has 1 aromatic rings. The van der Waals surface area contributed by atoms with E-state index in [1.54, 1.807) is 0 Å². The van der Waals surface area contributed by atoms with Crippen molar-refractivity contribution in [1.82, 2.24) is 5.06 Å². The molecule has 0 heterocycles. The largest absolute Gasteiger partial charge is 0.505 e. The van der Waals surface area contributed by atoms with Crippen LogP contribution in [-0.4, -0.2) is 33.4 Å². The minimum Gasteiger partial charge on any atom is -0.505 e. The van der Waals surface area contributed by atoms with Gasteiger partial charge in [-0.15, -0.1) is 0 Å². The Morgan fingerprint density at radius 3 is 2.69 bits per heavy atom. The molecule has 0 bridgehead atoms. The molecular weight excluding hydrogens is 217 g/mol. The lowest BCUT2D eigenvalue weighted by atomic mass is 10.1. The monoisotopic (exact) mass is 229 g/mol. The van der Waals surface area contributed by atoms with Gasteiger partial charge in [-0.2, -0.15) is 0 Å². The Labute approximate surface area is 91.3 Å². The molecule has 1 atom stereocenters. The van der Waals surface area contributed by atoms with Crippen molar-refractivity contribution in [2.45, 2.75) is 12.5 Å². The Balaban J connectivity index is 2.77. The first kappa shape index (κ1) is 12.4. The second-order valence-electron chi connectivity index (χ2n) is 3.35. The van der Waals surface area contributed by atoms with Crippen LogP contribution in [0.5, 0.6) is 5.75 Å². The van der Waals surface area contributed by atoms with Crippen LogP contribution in [-0.2, 0) is 4.79 Å². The van der Waals surface area contributed by atoms with Crippen LogP contribution in [0.1, 0.15) is 18.1 Å². The number of aromatic hydroxyl groups is 1. The lowest BCUT2D eigenvalue weighted by molar-refractivity contribution is -0.161. The van der Waals surface area contributed by atoms with Gasteiger partial charge < -0.3 is 10.2 Å². The van der Waals surface area contributed by atoms with Crippen molar-refractivity contribution in [3.05, 3.63) is 29.6 Å². The average Bonchev–Trinajstić information content (AvgIpc) is 2.21. The topological polar surface area (TPSA) is 81.0 Å². The van der Waals surface area contributed by atoms with Crippen molar-refractivity contribution in [2.24, 2.45) is 0 Å². The summed E-state index contributed by atoms with van der Waals surface area (Å²) < 4.78 is 12.9. The van der Waals surface area contributed by atoms with Gasteiger partial charge in [0.15, 0.2) is 11.6 Å². The molecule has 88 valence electrons. The molecular formula is C10H12FNO4. The number of aliphatic hydroxyl groups is 1. The first-order valence-corrected chi connectivity index (χ1v) is 4.53. The summed E-state index contributed by atoms with van der Waals surface area (Å²) >= 11 is 0. The van der Waals surface area contributed by atoms with Gasteiger partial charge in [-0.05, 0) is 17.7 Å². The summed E-state index contributed by atoms with van der Waals surface area (Å²) in [6.07, 6.45) is -1.59. The highest BCUT2D eigenvalue weighted by atomic mass is 19.1. The quantitative estimate of drug-likeness (QED) is 0.529. The van der Waals surface area contributed by atoms with Gasteiger partial charge in [0.05, 0.1) is 12.5 Å². The number of phenols is 1. The van der Waals surface area contributed by atoms with Crippen LogP contribution in [0.25, 0.3) is 0 Å². The molecule has 6 heteroatoms. The Hall–Kier alpha value is -1.66. The number of hydroxylamine groups is 2. The van der Waals surface area contributed by atoms with E-state index in [0.717, 1.165) is 19.2 Å². The number of hydrogen-bond donors (Lipinski definition) is 3. The number of phenolic OH excluding ortho intramolecular Hbond substituents is 1. The van der Waals surface area contributed by atoms with E-state index in [4.69, 9.17) is 10.3 Å². The SMILES string of the molecule is CN(O)C(=O)CC(O)c1ccc(O)c(F)c1. The average molecular weight is 229 g/mol. The normalized spacial score (nSPS) is 12.2. The van der Waals surface area contributed by atoms with Crippen molar-refractivity contribution in [3.63, 3.8) is 0 Å². The predicted molar refractivity (Wildman–Crippen MR) is 52.2 cm³/mol. The van der Waals surface area contributed by atoms with E-state index < -0.39 is 23.6 Å². The van der Waals surface area contributed by atoms with E-state index in [1.807, 2.05) is 0 Å². The van der Waals surface area contributed by atoms with E-state index in [-0.39, 0.29) is 12.0 Å². The van der Waals surface area contributed by atoms with Crippen LogP contribution in [0.4, 0.5) is 4.39 Å².